The number of aliphatic carboxylic acids is 1. The van der Waals surface area contributed by atoms with Gasteiger partial charge in [0.2, 0.25) is 0 Å². The third kappa shape index (κ3) is 4.27. The Labute approximate surface area is 79.1 Å². The van der Waals surface area contributed by atoms with E-state index < -0.39 is 5.97 Å². The Balaban J connectivity index is 2.06. The van der Waals surface area contributed by atoms with Gasteiger partial charge in [-0.15, -0.1) is 0 Å². The summed E-state index contributed by atoms with van der Waals surface area (Å²) < 4.78 is 5.46. The van der Waals surface area contributed by atoms with Crippen molar-refractivity contribution in [3.05, 3.63) is 0 Å². The highest BCUT2D eigenvalue weighted by molar-refractivity contribution is 5.67. The molecule has 0 bridgehead atoms. The fourth-order valence-corrected chi connectivity index (χ4v) is 1.78. The standard InChI is InChI=1S/C10H18O3/c1-8(6-10(11)12)13-7-9-4-2-3-5-9/h8-9H,2-7H2,1H3,(H,11,12)/t8-/m1/s1. The van der Waals surface area contributed by atoms with Crippen LogP contribution in [-0.2, 0) is 9.53 Å². The van der Waals surface area contributed by atoms with Crippen molar-refractivity contribution in [3.8, 4) is 0 Å². The third-order valence-electron chi connectivity index (χ3n) is 2.55. The van der Waals surface area contributed by atoms with Crippen molar-refractivity contribution in [1.29, 1.82) is 0 Å². The zero-order valence-corrected chi connectivity index (χ0v) is 8.16. The maximum absolute atomic E-state index is 10.3. The van der Waals surface area contributed by atoms with Gasteiger partial charge in [0.05, 0.1) is 12.5 Å². The summed E-state index contributed by atoms with van der Waals surface area (Å²) in [6.45, 7) is 2.57. The first-order chi connectivity index (χ1) is 6.18. The molecule has 0 aliphatic heterocycles. The zero-order chi connectivity index (χ0) is 9.68. The maximum atomic E-state index is 10.3. The number of hydrogen-bond acceptors (Lipinski definition) is 2. The second kappa shape index (κ2) is 5.22. The maximum Gasteiger partial charge on any atom is 0.305 e. The van der Waals surface area contributed by atoms with Crippen LogP contribution >= 0.6 is 0 Å². The van der Waals surface area contributed by atoms with Crippen LogP contribution in [0.15, 0.2) is 0 Å². The Bertz CT molecular complexity index is 162. The number of carboxylic acids is 1. The van der Waals surface area contributed by atoms with Gasteiger partial charge in [0.15, 0.2) is 0 Å². The van der Waals surface area contributed by atoms with E-state index in [2.05, 4.69) is 0 Å². The van der Waals surface area contributed by atoms with Crippen LogP contribution in [0.1, 0.15) is 39.0 Å². The highest BCUT2D eigenvalue weighted by Crippen LogP contribution is 2.25. The van der Waals surface area contributed by atoms with Crippen molar-refractivity contribution < 1.29 is 14.6 Å². The molecule has 0 unspecified atom stereocenters. The van der Waals surface area contributed by atoms with Crippen LogP contribution in [0.4, 0.5) is 0 Å². The van der Waals surface area contributed by atoms with E-state index in [1.807, 2.05) is 6.92 Å². The quantitative estimate of drug-likeness (QED) is 0.714. The Morgan fingerprint density at radius 2 is 2.15 bits per heavy atom. The van der Waals surface area contributed by atoms with Gasteiger partial charge in [-0.2, -0.15) is 0 Å². The molecule has 3 heteroatoms. The van der Waals surface area contributed by atoms with Crippen LogP contribution in [0.2, 0.25) is 0 Å². The number of carboxylic acid groups (broad SMARTS) is 1. The Morgan fingerprint density at radius 3 is 2.69 bits per heavy atom. The fourth-order valence-electron chi connectivity index (χ4n) is 1.78. The first-order valence-corrected chi connectivity index (χ1v) is 5.02. The van der Waals surface area contributed by atoms with E-state index in [4.69, 9.17) is 9.84 Å². The number of rotatable bonds is 5. The summed E-state index contributed by atoms with van der Waals surface area (Å²) in [5, 5.41) is 8.50. The van der Waals surface area contributed by atoms with Crippen LogP contribution in [0.25, 0.3) is 0 Å². The predicted octanol–water partition coefficient (Wildman–Crippen LogP) is 2.06. The first kappa shape index (κ1) is 10.5. The number of hydrogen-bond donors (Lipinski definition) is 1. The summed E-state index contributed by atoms with van der Waals surface area (Å²) in [7, 11) is 0. The molecule has 3 nitrogen and oxygen atoms in total. The summed E-state index contributed by atoms with van der Waals surface area (Å²) in [6.07, 6.45) is 5.09. The summed E-state index contributed by atoms with van der Waals surface area (Å²) in [4.78, 5) is 10.3. The zero-order valence-electron chi connectivity index (χ0n) is 8.16. The molecule has 1 aliphatic carbocycles. The van der Waals surface area contributed by atoms with Gasteiger partial charge in [-0.3, -0.25) is 4.79 Å². The average Bonchev–Trinajstić information content (AvgIpc) is 2.51. The topological polar surface area (TPSA) is 46.5 Å². The molecule has 0 aromatic carbocycles. The lowest BCUT2D eigenvalue weighted by Gasteiger charge is -2.14. The van der Waals surface area contributed by atoms with E-state index in [1.165, 1.54) is 25.7 Å². The summed E-state index contributed by atoms with van der Waals surface area (Å²) in [5.41, 5.74) is 0. The average molecular weight is 186 g/mol. The Hall–Kier alpha value is -0.570. The second-order valence-corrected chi connectivity index (χ2v) is 3.89. The highest BCUT2D eigenvalue weighted by Gasteiger charge is 2.16. The van der Waals surface area contributed by atoms with E-state index >= 15 is 0 Å². The molecule has 1 rings (SSSR count). The third-order valence-corrected chi connectivity index (χ3v) is 2.55. The molecule has 1 aliphatic rings. The van der Waals surface area contributed by atoms with Gasteiger partial charge < -0.3 is 9.84 Å². The van der Waals surface area contributed by atoms with E-state index in [0.717, 1.165) is 6.61 Å². The summed E-state index contributed by atoms with van der Waals surface area (Å²) >= 11 is 0. The first-order valence-electron chi connectivity index (χ1n) is 5.02. The van der Waals surface area contributed by atoms with Gasteiger partial charge in [0, 0.05) is 6.61 Å². The molecule has 0 radical (unpaired) electrons. The van der Waals surface area contributed by atoms with Crippen molar-refractivity contribution in [3.63, 3.8) is 0 Å². The predicted molar refractivity (Wildman–Crippen MR) is 49.6 cm³/mol. The van der Waals surface area contributed by atoms with Crippen LogP contribution in [-0.4, -0.2) is 23.8 Å². The minimum atomic E-state index is -0.779. The molecule has 1 saturated carbocycles. The van der Waals surface area contributed by atoms with Crippen molar-refractivity contribution in [1.82, 2.24) is 0 Å². The molecule has 76 valence electrons. The molecule has 0 amide bonds. The lowest BCUT2D eigenvalue weighted by molar-refractivity contribution is -0.140. The number of carbonyl (C=O) groups is 1. The second-order valence-electron chi connectivity index (χ2n) is 3.89. The SMILES string of the molecule is C[C@H](CC(=O)O)OCC1CCCC1. The Morgan fingerprint density at radius 1 is 1.54 bits per heavy atom. The smallest absolute Gasteiger partial charge is 0.305 e. The van der Waals surface area contributed by atoms with Crippen molar-refractivity contribution in [2.75, 3.05) is 6.61 Å². The Kier molecular flexibility index (Phi) is 4.22. The molecule has 0 heterocycles. The van der Waals surface area contributed by atoms with Crippen LogP contribution in [0.5, 0.6) is 0 Å². The summed E-state index contributed by atoms with van der Waals surface area (Å²) in [5.74, 6) is -0.102. The molecule has 0 aromatic heterocycles. The van der Waals surface area contributed by atoms with E-state index in [1.54, 1.807) is 0 Å². The highest BCUT2D eigenvalue weighted by atomic mass is 16.5. The number of ether oxygens (including phenoxy) is 1. The molecular formula is C10H18O3. The van der Waals surface area contributed by atoms with Crippen LogP contribution < -0.4 is 0 Å². The van der Waals surface area contributed by atoms with Gasteiger partial charge in [0.1, 0.15) is 0 Å². The van der Waals surface area contributed by atoms with Crippen molar-refractivity contribution in [2.45, 2.75) is 45.1 Å². The van der Waals surface area contributed by atoms with E-state index in [-0.39, 0.29) is 12.5 Å². The van der Waals surface area contributed by atoms with Crippen molar-refractivity contribution in [2.24, 2.45) is 5.92 Å². The van der Waals surface area contributed by atoms with Crippen molar-refractivity contribution >= 4 is 5.97 Å². The van der Waals surface area contributed by atoms with Crippen LogP contribution in [0.3, 0.4) is 0 Å². The lowest BCUT2D eigenvalue weighted by atomic mass is 10.1. The summed E-state index contributed by atoms with van der Waals surface area (Å²) in [6, 6.07) is 0. The van der Waals surface area contributed by atoms with E-state index in [9.17, 15) is 4.79 Å². The van der Waals surface area contributed by atoms with Gasteiger partial charge in [-0.05, 0) is 25.7 Å². The lowest BCUT2D eigenvalue weighted by Crippen LogP contribution is -2.17. The van der Waals surface area contributed by atoms with Crippen LogP contribution in [0, 0.1) is 5.92 Å². The molecule has 13 heavy (non-hydrogen) atoms. The fraction of sp³-hybridized carbons (Fsp3) is 0.900. The van der Waals surface area contributed by atoms with Gasteiger partial charge in [0.25, 0.3) is 0 Å². The molecular weight excluding hydrogens is 168 g/mol. The minimum absolute atomic E-state index is 0.118. The molecule has 1 N–H and O–H groups in total. The van der Waals surface area contributed by atoms with Gasteiger partial charge >= 0.3 is 5.97 Å². The monoisotopic (exact) mass is 186 g/mol. The minimum Gasteiger partial charge on any atom is -0.481 e. The molecule has 1 atom stereocenters. The largest absolute Gasteiger partial charge is 0.481 e. The van der Waals surface area contributed by atoms with Gasteiger partial charge in [-0.1, -0.05) is 12.8 Å². The molecule has 0 saturated heterocycles. The molecule has 1 fully saturated rings. The normalized spacial score (nSPS) is 20.4. The van der Waals surface area contributed by atoms with Gasteiger partial charge in [-0.25, -0.2) is 0 Å². The van der Waals surface area contributed by atoms with E-state index in [0.29, 0.717) is 5.92 Å². The molecule has 0 spiro atoms. The molecule has 0 aromatic rings.